The largest absolute Gasteiger partial charge is 0.476 e. The molecule has 9 heteroatoms. The van der Waals surface area contributed by atoms with Crippen LogP contribution >= 0.6 is 0 Å². The zero-order valence-electron chi connectivity index (χ0n) is 13.8. The number of rotatable bonds is 5. The lowest BCUT2D eigenvalue weighted by Crippen LogP contribution is -2.40. The number of carbonyl (C=O) groups is 1. The Morgan fingerprint density at radius 3 is 2.64 bits per heavy atom. The van der Waals surface area contributed by atoms with Gasteiger partial charge >= 0.3 is 5.97 Å². The number of nitro groups is 1. The summed E-state index contributed by atoms with van der Waals surface area (Å²) in [6.07, 6.45) is 4.01. The fraction of sp³-hybridized carbons (Fsp3) is 0.438. The fourth-order valence-corrected chi connectivity index (χ4v) is 3.16. The molecule has 0 aliphatic carbocycles. The molecule has 1 N–H and O–H groups in total. The topological polar surface area (TPSA) is 114 Å². The van der Waals surface area contributed by atoms with Gasteiger partial charge in [0.05, 0.1) is 10.6 Å². The van der Waals surface area contributed by atoms with Gasteiger partial charge in [0.2, 0.25) is 5.69 Å². The molecule has 0 bridgehead atoms. The Kier molecular flexibility index (Phi) is 4.64. The maximum absolute atomic E-state index is 11.6. The first-order valence-electron chi connectivity index (χ1n) is 8.23. The Balaban J connectivity index is 1.99. The number of hydrogen-bond donors (Lipinski definition) is 1. The number of hydrogen-bond acceptors (Lipinski definition) is 6. The first kappa shape index (κ1) is 16.9. The van der Waals surface area contributed by atoms with Crippen LogP contribution in [0.15, 0.2) is 24.3 Å². The van der Waals surface area contributed by atoms with Crippen molar-refractivity contribution in [1.82, 2.24) is 15.0 Å². The molecule has 1 aromatic carbocycles. The Morgan fingerprint density at radius 2 is 2.04 bits per heavy atom. The highest BCUT2D eigenvalue weighted by Gasteiger charge is 2.29. The van der Waals surface area contributed by atoms with E-state index < -0.39 is 10.9 Å². The molecule has 2 heterocycles. The van der Waals surface area contributed by atoms with Crippen LogP contribution in [-0.2, 0) is 0 Å². The molecular formula is C16H19N5O4. The highest BCUT2D eigenvalue weighted by Crippen LogP contribution is 2.28. The second kappa shape index (κ2) is 6.88. The Labute approximate surface area is 144 Å². The van der Waals surface area contributed by atoms with E-state index in [9.17, 15) is 20.0 Å². The maximum atomic E-state index is 11.6. The highest BCUT2D eigenvalue weighted by molar-refractivity contribution is 5.91. The van der Waals surface area contributed by atoms with Gasteiger partial charge in [-0.25, -0.2) is 4.79 Å². The summed E-state index contributed by atoms with van der Waals surface area (Å²) in [5.41, 5.74) is 0.333. The zero-order chi connectivity index (χ0) is 18.0. The standard InChI is InChI=1S/C16H19N5O4/c1-2-11-5-3-4-10-19(11)15-14(16(22)23)17-20(18-15)12-6-8-13(9-7-12)21(24)25/h6-9,11H,2-5,10H2,1H3,(H,22,23)/t11-/m1/s1. The van der Waals surface area contributed by atoms with Crippen LogP contribution < -0.4 is 4.90 Å². The summed E-state index contributed by atoms with van der Waals surface area (Å²) in [7, 11) is 0. The van der Waals surface area contributed by atoms with Crippen molar-refractivity contribution in [3.8, 4) is 5.69 Å². The second-order valence-corrected chi connectivity index (χ2v) is 5.99. The summed E-state index contributed by atoms with van der Waals surface area (Å²) in [5, 5.41) is 28.7. The normalized spacial score (nSPS) is 17.5. The molecule has 1 aliphatic heterocycles. The summed E-state index contributed by atoms with van der Waals surface area (Å²) < 4.78 is 0. The number of benzene rings is 1. The van der Waals surface area contributed by atoms with Gasteiger partial charge in [-0.2, -0.15) is 0 Å². The van der Waals surface area contributed by atoms with Crippen LogP contribution in [0.3, 0.4) is 0 Å². The predicted octanol–water partition coefficient (Wildman–Crippen LogP) is 2.64. The lowest BCUT2D eigenvalue weighted by molar-refractivity contribution is -0.384. The van der Waals surface area contributed by atoms with E-state index in [1.165, 1.54) is 29.1 Å². The number of non-ortho nitro benzene ring substituents is 1. The Bertz CT molecular complexity index is 786. The van der Waals surface area contributed by atoms with Crippen molar-refractivity contribution in [2.45, 2.75) is 38.6 Å². The summed E-state index contributed by atoms with van der Waals surface area (Å²) in [5.74, 6) is -0.777. The number of anilines is 1. The minimum atomic E-state index is -1.14. The van der Waals surface area contributed by atoms with E-state index in [-0.39, 0.29) is 17.4 Å². The quantitative estimate of drug-likeness (QED) is 0.654. The molecule has 3 rings (SSSR count). The van der Waals surface area contributed by atoms with Crippen LogP contribution in [0.4, 0.5) is 11.5 Å². The van der Waals surface area contributed by atoms with Gasteiger partial charge < -0.3 is 10.0 Å². The van der Waals surface area contributed by atoms with E-state index in [1.54, 1.807) is 0 Å². The van der Waals surface area contributed by atoms with Crippen LogP contribution in [-0.4, -0.2) is 43.6 Å². The molecule has 132 valence electrons. The van der Waals surface area contributed by atoms with Gasteiger partial charge in [-0.15, -0.1) is 15.0 Å². The molecule has 1 saturated heterocycles. The van der Waals surface area contributed by atoms with Gasteiger partial charge in [-0.1, -0.05) is 6.92 Å². The molecule has 9 nitrogen and oxygen atoms in total. The molecular weight excluding hydrogens is 326 g/mol. The van der Waals surface area contributed by atoms with Crippen LogP contribution in [0.2, 0.25) is 0 Å². The van der Waals surface area contributed by atoms with E-state index in [0.717, 1.165) is 32.2 Å². The first-order chi connectivity index (χ1) is 12.0. The van der Waals surface area contributed by atoms with Gasteiger partial charge in [0, 0.05) is 24.7 Å². The van der Waals surface area contributed by atoms with Gasteiger partial charge in [-0.05, 0) is 37.8 Å². The van der Waals surface area contributed by atoms with E-state index in [2.05, 4.69) is 17.1 Å². The zero-order valence-corrected chi connectivity index (χ0v) is 13.8. The predicted molar refractivity (Wildman–Crippen MR) is 90.2 cm³/mol. The number of piperidine rings is 1. The van der Waals surface area contributed by atoms with Crippen LogP contribution in [0, 0.1) is 10.1 Å². The van der Waals surface area contributed by atoms with E-state index in [1.807, 2.05) is 4.90 Å². The van der Waals surface area contributed by atoms with E-state index in [4.69, 9.17) is 0 Å². The number of nitro benzene ring substituents is 1. The third-order valence-corrected chi connectivity index (χ3v) is 4.46. The average Bonchev–Trinajstić information content (AvgIpc) is 3.07. The Hall–Kier alpha value is -2.97. The van der Waals surface area contributed by atoms with Crippen molar-refractivity contribution < 1.29 is 14.8 Å². The highest BCUT2D eigenvalue weighted by atomic mass is 16.6. The maximum Gasteiger partial charge on any atom is 0.360 e. The summed E-state index contributed by atoms with van der Waals surface area (Å²) >= 11 is 0. The molecule has 1 aliphatic rings. The molecule has 2 aromatic rings. The Morgan fingerprint density at radius 1 is 1.32 bits per heavy atom. The van der Waals surface area contributed by atoms with E-state index in [0.29, 0.717) is 11.5 Å². The van der Waals surface area contributed by atoms with Crippen LogP contribution in [0.5, 0.6) is 0 Å². The lowest BCUT2D eigenvalue weighted by atomic mass is 10.00. The van der Waals surface area contributed by atoms with E-state index >= 15 is 0 Å². The molecule has 0 amide bonds. The summed E-state index contributed by atoms with van der Waals surface area (Å²) in [4.78, 5) is 25.1. The second-order valence-electron chi connectivity index (χ2n) is 5.99. The third-order valence-electron chi connectivity index (χ3n) is 4.46. The molecule has 1 aromatic heterocycles. The average molecular weight is 345 g/mol. The van der Waals surface area contributed by atoms with Crippen LogP contribution in [0.1, 0.15) is 43.1 Å². The molecule has 0 saturated carbocycles. The number of aromatic nitrogens is 3. The number of aromatic carboxylic acids is 1. The monoisotopic (exact) mass is 345 g/mol. The van der Waals surface area contributed by atoms with Crippen molar-refractivity contribution in [2.24, 2.45) is 0 Å². The molecule has 0 unspecified atom stereocenters. The van der Waals surface area contributed by atoms with Gasteiger partial charge in [-0.3, -0.25) is 10.1 Å². The van der Waals surface area contributed by atoms with Crippen LogP contribution in [0.25, 0.3) is 5.69 Å². The third kappa shape index (κ3) is 3.30. The molecule has 1 fully saturated rings. The fourth-order valence-electron chi connectivity index (χ4n) is 3.16. The molecule has 0 radical (unpaired) electrons. The summed E-state index contributed by atoms with van der Waals surface area (Å²) in [6.45, 7) is 2.82. The van der Waals surface area contributed by atoms with Crippen molar-refractivity contribution in [1.29, 1.82) is 0 Å². The SMILES string of the molecule is CC[C@@H]1CCCCN1c1nn(-c2ccc([N+](=O)[O-])cc2)nc1C(=O)O. The molecule has 1 atom stereocenters. The smallest absolute Gasteiger partial charge is 0.360 e. The minimum Gasteiger partial charge on any atom is -0.476 e. The molecule has 25 heavy (non-hydrogen) atoms. The number of nitrogens with zero attached hydrogens (tertiary/aromatic N) is 5. The van der Waals surface area contributed by atoms with Crippen molar-refractivity contribution in [2.75, 3.05) is 11.4 Å². The first-order valence-corrected chi connectivity index (χ1v) is 8.23. The summed E-state index contributed by atoms with van der Waals surface area (Å²) in [6, 6.07) is 5.93. The lowest BCUT2D eigenvalue weighted by Gasteiger charge is -2.35. The molecule has 0 spiro atoms. The van der Waals surface area contributed by atoms with Crippen molar-refractivity contribution >= 4 is 17.5 Å². The van der Waals surface area contributed by atoms with Crippen molar-refractivity contribution in [3.05, 3.63) is 40.1 Å². The van der Waals surface area contributed by atoms with Gasteiger partial charge in [0.1, 0.15) is 0 Å². The minimum absolute atomic E-state index is 0.0448. The number of carboxylic acid groups (broad SMARTS) is 1. The van der Waals surface area contributed by atoms with Gasteiger partial charge in [0.25, 0.3) is 5.69 Å². The number of carboxylic acids is 1. The van der Waals surface area contributed by atoms with Gasteiger partial charge in [0.15, 0.2) is 5.82 Å². The van der Waals surface area contributed by atoms with Crippen molar-refractivity contribution in [3.63, 3.8) is 0 Å².